The normalized spacial score (nSPS) is 17.4. The van der Waals surface area contributed by atoms with Crippen molar-refractivity contribution in [3.05, 3.63) is 83.7 Å². The molecule has 5 rings (SSSR count). The quantitative estimate of drug-likeness (QED) is 0.584. The van der Waals surface area contributed by atoms with E-state index in [-0.39, 0.29) is 16.8 Å². The van der Waals surface area contributed by atoms with Gasteiger partial charge < -0.3 is 14.4 Å². The molecule has 1 N–H and O–H groups in total. The van der Waals surface area contributed by atoms with E-state index in [9.17, 15) is 17.6 Å². The number of amides is 1. The molecule has 9 heteroatoms. The molecule has 1 atom stereocenters. The first-order valence-corrected chi connectivity index (χ1v) is 12.5. The lowest BCUT2D eigenvalue weighted by Crippen LogP contribution is -2.30. The Balaban J connectivity index is 1.31. The van der Waals surface area contributed by atoms with Gasteiger partial charge in [-0.3, -0.25) is 9.52 Å². The fraction of sp³-hybridized carbons (Fsp3) is 0.240. The number of halogens is 1. The summed E-state index contributed by atoms with van der Waals surface area (Å²) in [6.07, 6.45) is 1.74. The number of hydrogen-bond donors (Lipinski definition) is 1. The van der Waals surface area contributed by atoms with Gasteiger partial charge in [-0.15, -0.1) is 0 Å². The van der Waals surface area contributed by atoms with Crippen LogP contribution in [0.25, 0.3) is 0 Å². The summed E-state index contributed by atoms with van der Waals surface area (Å²) in [6, 6.07) is 16.6. The fourth-order valence-electron chi connectivity index (χ4n) is 4.30. The number of anilines is 1. The topological polar surface area (TPSA) is 84.9 Å². The van der Waals surface area contributed by atoms with Crippen LogP contribution in [0, 0.1) is 5.82 Å². The molecule has 34 heavy (non-hydrogen) atoms. The van der Waals surface area contributed by atoms with Crippen LogP contribution in [0.2, 0.25) is 0 Å². The molecule has 176 valence electrons. The minimum atomic E-state index is -3.87. The number of rotatable bonds is 5. The molecule has 0 aromatic heterocycles. The van der Waals surface area contributed by atoms with E-state index in [1.165, 1.54) is 12.1 Å². The number of carbonyl (C=O) groups is 1. The first-order valence-electron chi connectivity index (χ1n) is 11.0. The monoisotopic (exact) mass is 482 g/mol. The number of nitrogens with one attached hydrogen (secondary N) is 1. The zero-order valence-corrected chi connectivity index (χ0v) is 19.1. The molecule has 0 unspecified atom stereocenters. The third-order valence-electron chi connectivity index (χ3n) is 5.97. The molecule has 2 aliphatic rings. The van der Waals surface area contributed by atoms with Gasteiger partial charge in [-0.2, -0.15) is 0 Å². The van der Waals surface area contributed by atoms with E-state index in [4.69, 9.17) is 9.47 Å². The van der Waals surface area contributed by atoms with Crippen LogP contribution < -0.4 is 14.2 Å². The lowest BCUT2D eigenvalue weighted by Gasteiger charge is -2.27. The first-order chi connectivity index (χ1) is 16.4. The summed E-state index contributed by atoms with van der Waals surface area (Å²) in [7, 11) is -3.87. The average molecular weight is 483 g/mol. The summed E-state index contributed by atoms with van der Waals surface area (Å²) in [5.41, 5.74) is 1.78. The summed E-state index contributed by atoms with van der Waals surface area (Å²) in [5.74, 6) is 0.772. The van der Waals surface area contributed by atoms with Crippen molar-refractivity contribution in [2.24, 2.45) is 0 Å². The largest absolute Gasteiger partial charge is 0.486 e. The second kappa shape index (κ2) is 8.98. The lowest BCUT2D eigenvalue weighted by atomic mass is 10.0. The number of carbonyl (C=O) groups excluding carboxylic acids is 1. The van der Waals surface area contributed by atoms with Crippen LogP contribution in [0.5, 0.6) is 11.5 Å². The van der Waals surface area contributed by atoms with Crippen LogP contribution in [-0.4, -0.2) is 39.0 Å². The molecule has 0 radical (unpaired) electrons. The van der Waals surface area contributed by atoms with E-state index in [0.717, 1.165) is 30.5 Å². The van der Waals surface area contributed by atoms with Crippen LogP contribution >= 0.6 is 0 Å². The molecule has 0 spiro atoms. The molecule has 3 aromatic rings. The standard InChI is InChI=1S/C25H23FN2O5S/c26-19-6-10-21(11-7-19)34(30,31)27-20-8-3-17(4-9-20)25(29)28-13-1-2-22(28)18-5-12-23-24(16-18)33-15-14-32-23/h3-12,16,22,27H,1-2,13-15H2/t22-/m0/s1. The summed E-state index contributed by atoms with van der Waals surface area (Å²) in [5, 5.41) is 0. The van der Waals surface area contributed by atoms with Crippen LogP contribution in [-0.2, 0) is 10.0 Å². The number of likely N-dealkylation sites (tertiary alicyclic amines) is 1. The Hall–Kier alpha value is -3.59. The van der Waals surface area contributed by atoms with Gasteiger partial charge in [-0.1, -0.05) is 6.07 Å². The Kier molecular flexibility index (Phi) is 5.87. The van der Waals surface area contributed by atoms with E-state index in [2.05, 4.69) is 4.72 Å². The maximum Gasteiger partial charge on any atom is 0.261 e. The van der Waals surface area contributed by atoms with Gasteiger partial charge in [0.1, 0.15) is 19.0 Å². The second-order valence-corrected chi connectivity index (χ2v) is 9.88. The van der Waals surface area contributed by atoms with Gasteiger partial charge in [0.05, 0.1) is 10.9 Å². The minimum Gasteiger partial charge on any atom is -0.486 e. The highest BCUT2D eigenvalue weighted by molar-refractivity contribution is 7.92. The smallest absolute Gasteiger partial charge is 0.261 e. The number of sulfonamides is 1. The van der Waals surface area contributed by atoms with Gasteiger partial charge in [0.15, 0.2) is 11.5 Å². The van der Waals surface area contributed by atoms with Crippen molar-refractivity contribution in [2.45, 2.75) is 23.8 Å². The molecule has 2 aliphatic heterocycles. The molecule has 0 bridgehead atoms. The molecule has 2 heterocycles. The lowest BCUT2D eigenvalue weighted by molar-refractivity contribution is 0.0735. The van der Waals surface area contributed by atoms with Crippen molar-refractivity contribution >= 4 is 21.6 Å². The number of nitrogens with zero attached hydrogens (tertiary/aromatic N) is 1. The van der Waals surface area contributed by atoms with Gasteiger partial charge in [0.2, 0.25) is 0 Å². The van der Waals surface area contributed by atoms with Gasteiger partial charge in [-0.05, 0) is 79.1 Å². The van der Waals surface area contributed by atoms with Crippen molar-refractivity contribution in [3.8, 4) is 11.5 Å². The summed E-state index contributed by atoms with van der Waals surface area (Å²) in [6.45, 7) is 1.66. The second-order valence-electron chi connectivity index (χ2n) is 8.20. The number of fused-ring (bicyclic) bond motifs is 1. The van der Waals surface area contributed by atoms with Crippen LogP contribution in [0.4, 0.5) is 10.1 Å². The molecule has 0 saturated carbocycles. The maximum atomic E-state index is 13.3. The van der Waals surface area contributed by atoms with Crippen molar-refractivity contribution in [3.63, 3.8) is 0 Å². The predicted octanol–water partition coefficient (Wildman–Crippen LogP) is 4.38. The maximum absolute atomic E-state index is 13.3. The van der Waals surface area contributed by atoms with E-state index >= 15 is 0 Å². The van der Waals surface area contributed by atoms with E-state index in [1.54, 1.807) is 24.3 Å². The number of benzene rings is 3. The number of ether oxygens (including phenoxy) is 2. The molecular formula is C25H23FN2O5S. The summed E-state index contributed by atoms with van der Waals surface area (Å²) < 4.78 is 51.9. The van der Waals surface area contributed by atoms with Crippen LogP contribution in [0.3, 0.4) is 0 Å². The van der Waals surface area contributed by atoms with Gasteiger partial charge in [-0.25, -0.2) is 12.8 Å². The van der Waals surface area contributed by atoms with E-state index < -0.39 is 15.8 Å². The zero-order chi connectivity index (χ0) is 23.7. The molecule has 1 fully saturated rings. The van der Waals surface area contributed by atoms with Crippen molar-refractivity contribution in [1.82, 2.24) is 4.90 Å². The molecule has 7 nitrogen and oxygen atoms in total. The van der Waals surface area contributed by atoms with Crippen LogP contribution in [0.15, 0.2) is 71.6 Å². The SMILES string of the molecule is O=C(c1ccc(NS(=O)(=O)c2ccc(F)cc2)cc1)N1CCC[C@H]1c1ccc2c(c1)OCCO2. The van der Waals surface area contributed by atoms with Crippen molar-refractivity contribution in [2.75, 3.05) is 24.5 Å². The molecular weight excluding hydrogens is 459 g/mol. The first kappa shape index (κ1) is 22.2. The Bertz CT molecular complexity index is 1310. The fourth-order valence-corrected chi connectivity index (χ4v) is 5.36. The minimum absolute atomic E-state index is 0.0478. The third kappa shape index (κ3) is 4.43. The summed E-state index contributed by atoms with van der Waals surface area (Å²) in [4.78, 5) is 15.1. The molecule has 3 aromatic carbocycles. The number of hydrogen-bond acceptors (Lipinski definition) is 5. The third-order valence-corrected chi connectivity index (χ3v) is 7.37. The zero-order valence-electron chi connectivity index (χ0n) is 18.2. The molecule has 0 aliphatic carbocycles. The Morgan fingerprint density at radius 2 is 1.65 bits per heavy atom. The highest BCUT2D eigenvalue weighted by atomic mass is 32.2. The van der Waals surface area contributed by atoms with E-state index in [0.29, 0.717) is 42.5 Å². The highest BCUT2D eigenvalue weighted by Crippen LogP contribution is 2.38. The predicted molar refractivity (Wildman–Crippen MR) is 124 cm³/mol. The Labute approximate surface area is 197 Å². The Morgan fingerprint density at radius 3 is 2.38 bits per heavy atom. The average Bonchev–Trinajstić information content (AvgIpc) is 3.34. The van der Waals surface area contributed by atoms with Gasteiger partial charge >= 0.3 is 0 Å². The van der Waals surface area contributed by atoms with Crippen molar-refractivity contribution < 1.29 is 27.1 Å². The Morgan fingerprint density at radius 1 is 0.941 bits per heavy atom. The highest BCUT2D eigenvalue weighted by Gasteiger charge is 2.31. The van der Waals surface area contributed by atoms with Gasteiger partial charge in [0, 0.05) is 17.8 Å². The van der Waals surface area contributed by atoms with E-state index in [1.807, 2.05) is 23.1 Å². The molecule has 1 saturated heterocycles. The summed E-state index contributed by atoms with van der Waals surface area (Å²) >= 11 is 0. The van der Waals surface area contributed by atoms with Gasteiger partial charge in [0.25, 0.3) is 15.9 Å². The van der Waals surface area contributed by atoms with Crippen LogP contribution in [0.1, 0.15) is 34.8 Å². The van der Waals surface area contributed by atoms with Crippen molar-refractivity contribution in [1.29, 1.82) is 0 Å². The molecule has 1 amide bonds.